The monoisotopic (exact) mass is 293 g/mol. The van der Waals surface area contributed by atoms with Crippen LogP contribution in [0.1, 0.15) is 33.1 Å². The number of piperidine rings is 1. The molecule has 1 aliphatic rings. The quantitative estimate of drug-likeness (QED) is 0.875. The number of nitrogens with zero attached hydrogens (tertiary/aromatic N) is 1. The molecule has 1 fully saturated rings. The van der Waals surface area contributed by atoms with Gasteiger partial charge in [-0.05, 0) is 51.0 Å². The Morgan fingerprint density at radius 3 is 2.29 bits per heavy atom. The molecule has 4 nitrogen and oxygen atoms in total. The SMILES string of the molecule is COc1ccc(OCC(O)CN2C(C)CCCC2C)cc1. The largest absolute Gasteiger partial charge is 0.497 e. The molecule has 0 bridgehead atoms. The first-order chi connectivity index (χ1) is 10.1. The number of β-amino-alcohol motifs (C(OH)–C–C–N with tert-alkyl or cyclic N) is 1. The second-order valence-electron chi connectivity index (χ2n) is 5.97. The average Bonchev–Trinajstić information content (AvgIpc) is 2.49. The fraction of sp³-hybridized carbons (Fsp3) is 0.647. The molecular formula is C17H27NO3. The van der Waals surface area contributed by atoms with Crippen LogP contribution in [0.2, 0.25) is 0 Å². The Hall–Kier alpha value is -1.26. The molecule has 4 heteroatoms. The molecule has 0 aliphatic carbocycles. The van der Waals surface area contributed by atoms with Gasteiger partial charge in [0.05, 0.1) is 7.11 Å². The van der Waals surface area contributed by atoms with Gasteiger partial charge in [-0.15, -0.1) is 0 Å². The lowest BCUT2D eigenvalue weighted by Crippen LogP contribution is -2.48. The van der Waals surface area contributed by atoms with E-state index in [1.54, 1.807) is 7.11 Å². The first kappa shape index (κ1) is 16.1. The minimum Gasteiger partial charge on any atom is -0.497 e. The van der Waals surface area contributed by atoms with Crippen molar-refractivity contribution in [3.63, 3.8) is 0 Å². The van der Waals surface area contributed by atoms with Gasteiger partial charge in [-0.2, -0.15) is 0 Å². The second kappa shape index (κ2) is 7.66. The van der Waals surface area contributed by atoms with Gasteiger partial charge in [0.1, 0.15) is 24.2 Å². The van der Waals surface area contributed by atoms with Crippen molar-refractivity contribution in [1.29, 1.82) is 0 Å². The molecule has 0 spiro atoms. The fourth-order valence-electron chi connectivity index (χ4n) is 3.00. The Bertz CT molecular complexity index is 411. The van der Waals surface area contributed by atoms with Crippen molar-refractivity contribution in [3.05, 3.63) is 24.3 Å². The van der Waals surface area contributed by atoms with Crippen LogP contribution >= 0.6 is 0 Å². The van der Waals surface area contributed by atoms with Crippen LogP contribution in [-0.4, -0.2) is 48.5 Å². The van der Waals surface area contributed by atoms with E-state index in [9.17, 15) is 5.11 Å². The minimum atomic E-state index is -0.463. The number of likely N-dealkylation sites (tertiary alicyclic amines) is 1. The molecule has 0 aromatic heterocycles. The summed E-state index contributed by atoms with van der Waals surface area (Å²) in [5, 5.41) is 10.2. The van der Waals surface area contributed by atoms with E-state index in [0.717, 1.165) is 11.5 Å². The van der Waals surface area contributed by atoms with Crippen LogP contribution in [0.3, 0.4) is 0 Å². The van der Waals surface area contributed by atoms with Gasteiger partial charge < -0.3 is 14.6 Å². The summed E-state index contributed by atoms with van der Waals surface area (Å²) in [4.78, 5) is 2.39. The highest BCUT2D eigenvalue weighted by Crippen LogP contribution is 2.23. The molecule has 21 heavy (non-hydrogen) atoms. The summed E-state index contributed by atoms with van der Waals surface area (Å²) >= 11 is 0. The zero-order valence-electron chi connectivity index (χ0n) is 13.3. The lowest BCUT2D eigenvalue weighted by molar-refractivity contribution is 0.0209. The van der Waals surface area contributed by atoms with E-state index in [-0.39, 0.29) is 0 Å². The topological polar surface area (TPSA) is 41.9 Å². The molecular weight excluding hydrogens is 266 g/mol. The van der Waals surface area contributed by atoms with Gasteiger partial charge in [0, 0.05) is 18.6 Å². The third kappa shape index (κ3) is 4.61. The molecule has 1 aromatic carbocycles. The lowest BCUT2D eigenvalue weighted by Gasteiger charge is -2.40. The van der Waals surface area contributed by atoms with Crippen LogP contribution < -0.4 is 9.47 Å². The van der Waals surface area contributed by atoms with Crippen molar-refractivity contribution in [2.75, 3.05) is 20.3 Å². The van der Waals surface area contributed by atoms with Crippen LogP contribution in [0.15, 0.2) is 24.3 Å². The zero-order chi connectivity index (χ0) is 15.2. The van der Waals surface area contributed by atoms with Crippen LogP contribution in [0, 0.1) is 0 Å². The van der Waals surface area contributed by atoms with E-state index < -0.39 is 6.10 Å². The van der Waals surface area contributed by atoms with Gasteiger partial charge in [0.15, 0.2) is 0 Å². The van der Waals surface area contributed by atoms with Gasteiger partial charge in [0.2, 0.25) is 0 Å². The fourth-order valence-corrected chi connectivity index (χ4v) is 3.00. The van der Waals surface area contributed by atoms with Gasteiger partial charge in [-0.3, -0.25) is 4.90 Å². The average molecular weight is 293 g/mol. The van der Waals surface area contributed by atoms with Gasteiger partial charge >= 0.3 is 0 Å². The molecule has 1 heterocycles. The van der Waals surface area contributed by atoms with Crippen LogP contribution in [0.25, 0.3) is 0 Å². The highest BCUT2D eigenvalue weighted by Gasteiger charge is 2.26. The lowest BCUT2D eigenvalue weighted by atomic mass is 9.97. The second-order valence-corrected chi connectivity index (χ2v) is 5.97. The van der Waals surface area contributed by atoms with Crippen LogP contribution in [0.4, 0.5) is 0 Å². The number of benzene rings is 1. The van der Waals surface area contributed by atoms with E-state index in [0.29, 0.717) is 25.2 Å². The Morgan fingerprint density at radius 2 is 1.71 bits per heavy atom. The predicted molar refractivity (Wildman–Crippen MR) is 84.0 cm³/mol. The van der Waals surface area contributed by atoms with Crippen molar-refractivity contribution in [2.45, 2.75) is 51.3 Å². The standard InChI is InChI=1S/C17H27NO3/c1-13-5-4-6-14(2)18(13)11-15(19)12-21-17-9-7-16(20-3)8-10-17/h7-10,13-15,19H,4-6,11-12H2,1-3H3. The summed E-state index contributed by atoms with van der Waals surface area (Å²) in [6, 6.07) is 8.52. The van der Waals surface area contributed by atoms with Gasteiger partial charge in [-0.25, -0.2) is 0 Å². The third-order valence-corrected chi connectivity index (χ3v) is 4.30. The maximum absolute atomic E-state index is 10.2. The molecule has 3 unspecified atom stereocenters. The maximum atomic E-state index is 10.2. The molecule has 1 aromatic rings. The van der Waals surface area contributed by atoms with E-state index >= 15 is 0 Å². The van der Waals surface area contributed by atoms with Crippen molar-refractivity contribution < 1.29 is 14.6 Å². The van der Waals surface area contributed by atoms with Crippen LogP contribution in [-0.2, 0) is 0 Å². The number of methoxy groups -OCH3 is 1. The Kier molecular flexibility index (Phi) is 5.88. The van der Waals surface area contributed by atoms with Gasteiger partial charge in [0.25, 0.3) is 0 Å². The summed E-state index contributed by atoms with van der Waals surface area (Å²) < 4.78 is 10.8. The first-order valence-corrected chi connectivity index (χ1v) is 7.81. The summed E-state index contributed by atoms with van der Waals surface area (Å²) in [5.41, 5.74) is 0. The normalized spacial score (nSPS) is 24.6. The highest BCUT2D eigenvalue weighted by molar-refractivity contribution is 5.31. The molecule has 1 aliphatic heterocycles. The molecule has 0 amide bonds. The number of ether oxygens (including phenoxy) is 2. The summed E-state index contributed by atoms with van der Waals surface area (Å²) in [7, 11) is 1.64. The third-order valence-electron chi connectivity index (χ3n) is 4.30. The van der Waals surface area contributed by atoms with Crippen molar-refractivity contribution in [3.8, 4) is 11.5 Å². The van der Waals surface area contributed by atoms with Crippen molar-refractivity contribution in [1.82, 2.24) is 4.90 Å². The molecule has 1 saturated heterocycles. The van der Waals surface area contributed by atoms with Gasteiger partial charge in [-0.1, -0.05) is 6.42 Å². The smallest absolute Gasteiger partial charge is 0.119 e. The number of hydrogen-bond donors (Lipinski definition) is 1. The van der Waals surface area contributed by atoms with Crippen molar-refractivity contribution in [2.24, 2.45) is 0 Å². The highest BCUT2D eigenvalue weighted by atomic mass is 16.5. The minimum absolute atomic E-state index is 0.322. The Balaban J connectivity index is 1.79. The molecule has 0 saturated carbocycles. The zero-order valence-corrected chi connectivity index (χ0v) is 13.3. The Labute approximate surface area is 127 Å². The van der Waals surface area contributed by atoms with E-state index in [4.69, 9.17) is 9.47 Å². The molecule has 118 valence electrons. The molecule has 0 radical (unpaired) electrons. The predicted octanol–water partition coefficient (Wildman–Crippen LogP) is 2.70. The van der Waals surface area contributed by atoms with E-state index in [1.807, 2.05) is 24.3 Å². The maximum Gasteiger partial charge on any atom is 0.119 e. The molecule has 3 atom stereocenters. The van der Waals surface area contributed by atoms with Crippen LogP contribution in [0.5, 0.6) is 11.5 Å². The number of hydrogen-bond acceptors (Lipinski definition) is 4. The summed E-state index contributed by atoms with van der Waals surface area (Å²) in [6.45, 7) is 5.49. The van der Waals surface area contributed by atoms with E-state index in [1.165, 1.54) is 19.3 Å². The summed E-state index contributed by atoms with van der Waals surface area (Å²) in [5.74, 6) is 1.56. The molecule has 1 N–H and O–H groups in total. The number of aliphatic hydroxyl groups is 1. The number of rotatable bonds is 6. The number of aliphatic hydroxyl groups excluding tert-OH is 1. The van der Waals surface area contributed by atoms with Crippen molar-refractivity contribution >= 4 is 0 Å². The van der Waals surface area contributed by atoms with E-state index in [2.05, 4.69) is 18.7 Å². The first-order valence-electron chi connectivity index (χ1n) is 7.81. The Morgan fingerprint density at radius 1 is 1.14 bits per heavy atom. The summed E-state index contributed by atoms with van der Waals surface area (Å²) in [6.07, 6.45) is 3.26. The molecule has 2 rings (SSSR count).